The third kappa shape index (κ3) is 4.40. The number of hydrogen-bond donors (Lipinski definition) is 1. The Morgan fingerprint density at radius 3 is 2.59 bits per heavy atom. The number of carbonyl (C=O) groups excluding carboxylic acids is 1. The number of rotatable bonds is 5. The third-order valence-electron chi connectivity index (χ3n) is 4.88. The Morgan fingerprint density at radius 1 is 1.07 bits per heavy atom. The molecule has 0 spiro atoms. The minimum atomic E-state index is -0.180. The molecule has 2 heterocycles. The zero-order valence-corrected chi connectivity index (χ0v) is 16.8. The van der Waals surface area contributed by atoms with Gasteiger partial charge < -0.3 is 15.0 Å². The molecule has 0 aliphatic carbocycles. The number of nitrogens with zero attached hydrogens (tertiary/aromatic N) is 2. The first-order valence-corrected chi connectivity index (χ1v) is 10.00. The summed E-state index contributed by atoms with van der Waals surface area (Å²) in [6, 6.07) is 19.5. The molecule has 4 rings (SSSR count). The lowest BCUT2D eigenvalue weighted by Gasteiger charge is -2.30. The van der Waals surface area contributed by atoms with Crippen molar-refractivity contribution in [2.45, 2.75) is 32.8 Å². The van der Waals surface area contributed by atoms with Crippen LogP contribution in [0.1, 0.15) is 36.2 Å². The van der Waals surface area contributed by atoms with E-state index in [9.17, 15) is 4.79 Å². The van der Waals surface area contributed by atoms with Crippen molar-refractivity contribution in [3.63, 3.8) is 0 Å². The average Bonchev–Trinajstić information content (AvgIpc) is 2.74. The zero-order valence-electron chi connectivity index (χ0n) is 16.8. The predicted molar refractivity (Wildman–Crippen MR) is 116 cm³/mol. The molecule has 0 bridgehead atoms. The van der Waals surface area contributed by atoms with Crippen molar-refractivity contribution in [2.24, 2.45) is 0 Å². The molecular weight excluding hydrogens is 362 g/mol. The van der Waals surface area contributed by atoms with Crippen LogP contribution in [0.5, 0.6) is 5.75 Å². The second-order valence-corrected chi connectivity index (χ2v) is 7.43. The monoisotopic (exact) mass is 387 g/mol. The van der Waals surface area contributed by atoms with Crippen LogP contribution < -0.4 is 15.0 Å². The second kappa shape index (κ2) is 8.35. The molecule has 1 N–H and O–H groups in total. The smallest absolute Gasteiger partial charge is 0.257 e. The number of aromatic nitrogens is 1. The molecule has 0 saturated heterocycles. The number of aryl methyl sites for hydroxylation is 1. The van der Waals surface area contributed by atoms with Crippen LogP contribution in [0.25, 0.3) is 0 Å². The summed E-state index contributed by atoms with van der Waals surface area (Å²) in [6.45, 7) is 4.89. The standard InChI is InChI=1S/C24H25N3O2/c1-17(2)29-21-12-10-20(11-13-21)26-24(28)19-9-14-23(25-16-19)27-15-5-7-18-6-3-4-8-22(18)27/h3-4,6,8-14,16-17H,5,7,15H2,1-2H3,(H,26,28). The maximum atomic E-state index is 12.6. The van der Waals surface area contributed by atoms with E-state index in [1.807, 2.05) is 50.2 Å². The molecule has 5 heteroatoms. The quantitative estimate of drug-likeness (QED) is 0.653. The van der Waals surface area contributed by atoms with Gasteiger partial charge >= 0.3 is 0 Å². The molecule has 0 atom stereocenters. The Labute approximate surface area is 171 Å². The van der Waals surface area contributed by atoms with Gasteiger partial charge in [-0.1, -0.05) is 18.2 Å². The van der Waals surface area contributed by atoms with Gasteiger partial charge in [-0.2, -0.15) is 0 Å². The Bertz CT molecular complexity index is 982. The summed E-state index contributed by atoms with van der Waals surface area (Å²) in [5, 5.41) is 2.91. The van der Waals surface area contributed by atoms with Gasteiger partial charge in [0.15, 0.2) is 0 Å². The van der Waals surface area contributed by atoms with Crippen LogP contribution in [0.15, 0.2) is 66.9 Å². The number of hydrogen-bond acceptors (Lipinski definition) is 4. The van der Waals surface area contributed by atoms with E-state index < -0.39 is 0 Å². The lowest BCUT2D eigenvalue weighted by Crippen LogP contribution is -2.25. The summed E-state index contributed by atoms with van der Waals surface area (Å²) in [5.74, 6) is 1.47. The number of para-hydroxylation sites is 1. The minimum absolute atomic E-state index is 0.117. The van der Waals surface area contributed by atoms with Gasteiger partial charge in [-0.25, -0.2) is 4.98 Å². The minimum Gasteiger partial charge on any atom is -0.491 e. The number of ether oxygens (including phenoxy) is 1. The molecule has 3 aromatic rings. The van der Waals surface area contributed by atoms with Gasteiger partial charge in [-0.15, -0.1) is 0 Å². The highest BCUT2D eigenvalue weighted by Crippen LogP contribution is 2.32. The Hall–Kier alpha value is -3.34. The summed E-state index contributed by atoms with van der Waals surface area (Å²) in [5.41, 5.74) is 3.79. The van der Waals surface area contributed by atoms with Crippen LogP contribution in [0.4, 0.5) is 17.2 Å². The molecule has 29 heavy (non-hydrogen) atoms. The van der Waals surface area contributed by atoms with Crippen LogP contribution in [0.2, 0.25) is 0 Å². The van der Waals surface area contributed by atoms with Crippen molar-refractivity contribution in [3.8, 4) is 5.75 Å². The highest BCUT2D eigenvalue weighted by atomic mass is 16.5. The SMILES string of the molecule is CC(C)Oc1ccc(NC(=O)c2ccc(N3CCCc4ccccc43)nc2)cc1. The predicted octanol–water partition coefficient (Wildman–Crippen LogP) is 5.21. The van der Waals surface area contributed by atoms with E-state index in [-0.39, 0.29) is 12.0 Å². The number of pyridine rings is 1. The van der Waals surface area contributed by atoms with Gasteiger partial charge in [0.05, 0.1) is 11.7 Å². The Kier molecular flexibility index (Phi) is 5.47. The first kappa shape index (κ1) is 19.0. The number of carbonyl (C=O) groups is 1. The second-order valence-electron chi connectivity index (χ2n) is 7.43. The van der Waals surface area contributed by atoms with Crippen molar-refractivity contribution < 1.29 is 9.53 Å². The van der Waals surface area contributed by atoms with Crippen LogP contribution in [-0.4, -0.2) is 23.5 Å². The molecule has 5 nitrogen and oxygen atoms in total. The fourth-order valence-electron chi connectivity index (χ4n) is 3.54. The molecule has 0 radical (unpaired) electrons. The lowest BCUT2D eigenvalue weighted by atomic mass is 10.0. The number of amides is 1. The largest absolute Gasteiger partial charge is 0.491 e. The van der Waals surface area contributed by atoms with Crippen LogP contribution in [0, 0.1) is 0 Å². The summed E-state index contributed by atoms with van der Waals surface area (Å²) < 4.78 is 5.63. The van der Waals surface area contributed by atoms with Crippen molar-refractivity contribution >= 4 is 23.1 Å². The van der Waals surface area contributed by atoms with Gasteiger partial charge in [0.25, 0.3) is 5.91 Å². The lowest BCUT2D eigenvalue weighted by molar-refractivity contribution is 0.102. The van der Waals surface area contributed by atoms with E-state index in [1.54, 1.807) is 6.20 Å². The van der Waals surface area contributed by atoms with E-state index in [4.69, 9.17) is 4.74 Å². The molecule has 1 aromatic heterocycles. The normalized spacial score (nSPS) is 13.1. The molecule has 1 amide bonds. The van der Waals surface area contributed by atoms with Crippen LogP contribution in [0.3, 0.4) is 0 Å². The van der Waals surface area contributed by atoms with Gasteiger partial charge in [0.2, 0.25) is 0 Å². The maximum absolute atomic E-state index is 12.6. The average molecular weight is 387 g/mol. The zero-order chi connectivity index (χ0) is 20.2. The van der Waals surface area contributed by atoms with Crippen LogP contribution in [-0.2, 0) is 6.42 Å². The number of benzene rings is 2. The molecule has 148 valence electrons. The summed E-state index contributed by atoms with van der Waals surface area (Å²) in [6.07, 6.45) is 3.94. The highest BCUT2D eigenvalue weighted by molar-refractivity contribution is 6.04. The first-order chi connectivity index (χ1) is 14.1. The fraction of sp³-hybridized carbons (Fsp3) is 0.250. The van der Waals surface area contributed by atoms with E-state index in [0.717, 1.165) is 36.6 Å². The molecule has 0 saturated carbocycles. The van der Waals surface area contributed by atoms with E-state index >= 15 is 0 Å². The van der Waals surface area contributed by atoms with Crippen molar-refractivity contribution in [2.75, 3.05) is 16.8 Å². The summed E-state index contributed by atoms with van der Waals surface area (Å²) in [7, 11) is 0. The Morgan fingerprint density at radius 2 is 1.86 bits per heavy atom. The van der Waals surface area contributed by atoms with E-state index in [0.29, 0.717) is 5.56 Å². The fourth-order valence-corrected chi connectivity index (χ4v) is 3.54. The Balaban J connectivity index is 1.45. The summed E-state index contributed by atoms with van der Waals surface area (Å²) >= 11 is 0. The molecule has 0 unspecified atom stereocenters. The van der Waals surface area contributed by atoms with Crippen molar-refractivity contribution in [1.29, 1.82) is 0 Å². The van der Waals surface area contributed by atoms with E-state index in [1.165, 1.54) is 11.3 Å². The number of anilines is 3. The topological polar surface area (TPSA) is 54.5 Å². The summed E-state index contributed by atoms with van der Waals surface area (Å²) in [4.78, 5) is 19.3. The van der Waals surface area contributed by atoms with Gasteiger partial charge in [0.1, 0.15) is 11.6 Å². The van der Waals surface area contributed by atoms with Gasteiger partial charge in [-0.3, -0.25) is 4.79 Å². The van der Waals surface area contributed by atoms with Crippen molar-refractivity contribution in [3.05, 3.63) is 78.0 Å². The molecular formula is C24H25N3O2. The number of fused-ring (bicyclic) bond motifs is 1. The van der Waals surface area contributed by atoms with Crippen molar-refractivity contribution in [1.82, 2.24) is 4.98 Å². The highest BCUT2D eigenvalue weighted by Gasteiger charge is 2.19. The molecule has 2 aromatic carbocycles. The third-order valence-corrected chi connectivity index (χ3v) is 4.88. The van der Waals surface area contributed by atoms with Crippen LogP contribution >= 0.6 is 0 Å². The maximum Gasteiger partial charge on any atom is 0.257 e. The molecule has 1 aliphatic rings. The van der Waals surface area contributed by atoms with Gasteiger partial charge in [-0.05, 0) is 74.7 Å². The van der Waals surface area contributed by atoms with E-state index in [2.05, 4.69) is 39.5 Å². The molecule has 0 fully saturated rings. The number of nitrogens with one attached hydrogen (secondary N) is 1. The first-order valence-electron chi connectivity index (χ1n) is 10.00. The molecule has 1 aliphatic heterocycles. The van der Waals surface area contributed by atoms with Gasteiger partial charge in [0, 0.05) is 24.1 Å².